The molecule has 1 heterocycles. The van der Waals surface area contributed by atoms with Gasteiger partial charge in [-0.25, -0.2) is 4.79 Å². The first-order valence-electron chi connectivity index (χ1n) is 6.22. The summed E-state index contributed by atoms with van der Waals surface area (Å²) in [5.41, 5.74) is 2.38. The van der Waals surface area contributed by atoms with E-state index in [4.69, 9.17) is 16.3 Å². The fourth-order valence-corrected chi connectivity index (χ4v) is 2.17. The fraction of sp³-hybridized carbons (Fsp3) is 0.0625. The Balaban J connectivity index is 1.75. The van der Waals surface area contributed by atoms with E-state index in [1.807, 2.05) is 36.4 Å². The van der Waals surface area contributed by atoms with Crippen LogP contribution in [-0.2, 0) is 11.3 Å². The van der Waals surface area contributed by atoms with Crippen molar-refractivity contribution in [2.24, 2.45) is 0 Å². The molecule has 20 heavy (non-hydrogen) atoms. The van der Waals surface area contributed by atoms with Crippen molar-refractivity contribution >= 4 is 28.5 Å². The molecule has 100 valence electrons. The number of carbonyl (C=O) groups is 1. The van der Waals surface area contributed by atoms with E-state index >= 15 is 0 Å². The molecule has 4 heteroatoms. The number of aromatic amines is 1. The number of halogens is 1. The van der Waals surface area contributed by atoms with Crippen molar-refractivity contribution in [1.29, 1.82) is 0 Å². The van der Waals surface area contributed by atoms with Crippen molar-refractivity contribution in [3.05, 3.63) is 70.9 Å². The zero-order valence-electron chi connectivity index (χ0n) is 10.6. The van der Waals surface area contributed by atoms with E-state index in [1.54, 1.807) is 18.3 Å². The monoisotopic (exact) mass is 285 g/mol. The van der Waals surface area contributed by atoms with Crippen molar-refractivity contribution in [1.82, 2.24) is 4.98 Å². The molecular weight excluding hydrogens is 274 g/mol. The van der Waals surface area contributed by atoms with Gasteiger partial charge in [-0.1, -0.05) is 41.9 Å². The zero-order chi connectivity index (χ0) is 13.9. The van der Waals surface area contributed by atoms with E-state index < -0.39 is 0 Å². The van der Waals surface area contributed by atoms with Gasteiger partial charge in [0.1, 0.15) is 6.61 Å². The van der Waals surface area contributed by atoms with Gasteiger partial charge in [-0.2, -0.15) is 0 Å². The van der Waals surface area contributed by atoms with Crippen LogP contribution in [-0.4, -0.2) is 11.0 Å². The lowest BCUT2D eigenvalue weighted by Crippen LogP contribution is -2.04. The number of aromatic nitrogens is 1. The van der Waals surface area contributed by atoms with E-state index in [0.29, 0.717) is 10.6 Å². The number of nitrogens with one attached hydrogen (secondary N) is 1. The second-order valence-corrected chi connectivity index (χ2v) is 4.89. The molecule has 3 rings (SSSR count). The van der Waals surface area contributed by atoms with E-state index in [2.05, 4.69) is 4.98 Å². The molecular formula is C16H12ClNO2. The molecule has 0 saturated carbocycles. The van der Waals surface area contributed by atoms with Crippen LogP contribution in [0.5, 0.6) is 0 Å². The standard InChI is InChI=1S/C16H12ClNO2/c17-12-7-5-11(6-8-12)10-20-16(19)14-9-18-15-4-2-1-3-13(14)15/h1-9,18H,10H2. The lowest BCUT2D eigenvalue weighted by molar-refractivity contribution is 0.0475. The first-order valence-corrected chi connectivity index (χ1v) is 6.59. The highest BCUT2D eigenvalue weighted by Crippen LogP contribution is 2.19. The quantitative estimate of drug-likeness (QED) is 0.734. The van der Waals surface area contributed by atoms with Crippen LogP contribution >= 0.6 is 11.6 Å². The van der Waals surface area contributed by atoms with Crippen molar-refractivity contribution in [3.63, 3.8) is 0 Å². The van der Waals surface area contributed by atoms with Crippen LogP contribution < -0.4 is 0 Å². The van der Waals surface area contributed by atoms with Gasteiger partial charge >= 0.3 is 5.97 Å². The lowest BCUT2D eigenvalue weighted by atomic mass is 10.2. The van der Waals surface area contributed by atoms with Crippen LogP contribution in [0.15, 0.2) is 54.7 Å². The number of rotatable bonds is 3. The number of fused-ring (bicyclic) bond motifs is 1. The van der Waals surface area contributed by atoms with Gasteiger partial charge in [0.2, 0.25) is 0 Å². The molecule has 0 aliphatic heterocycles. The summed E-state index contributed by atoms with van der Waals surface area (Å²) in [5, 5.41) is 1.53. The predicted molar refractivity (Wildman–Crippen MR) is 78.9 cm³/mol. The summed E-state index contributed by atoms with van der Waals surface area (Å²) in [6.07, 6.45) is 1.68. The second-order valence-electron chi connectivity index (χ2n) is 4.45. The molecule has 3 aromatic rings. The third-order valence-electron chi connectivity index (χ3n) is 3.09. The summed E-state index contributed by atoms with van der Waals surface area (Å²) in [5.74, 6) is -0.336. The molecule has 0 amide bonds. The van der Waals surface area contributed by atoms with Gasteiger partial charge in [0.05, 0.1) is 5.56 Å². The molecule has 0 fully saturated rings. The van der Waals surface area contributed by atoms with Crippen LogP contribution in [0.2, 0.25) is 5.02 Å². The van der Waals surface area contributed by atoms with E-state index in [0.717, 1.165) is 16.5 Å². The first kappa shape index (κ1) is 12.8. The van der Waals surface area contributed by atoms with E-state index in [9.17, 15) is 4.79 Å². The maximum atomic E-state index is 12.1. The smallest absolute Gasteiger partial charge is 0.340 e. The summed E-state index contributed by atoms with van der Waals surface area (Å²) in [7, 11) is 0. The predicted octanol–water partition coefficient (Wildman–Crippen LogP) is 4.18. The van der Waals surface area contributed by atoms with Gasteiger partial charge in [-0.15, -0.1) is 0 Å². The van der Waals surface area contributed by atoms with Gasteiger partial charge in [-0.3, -0.25) is 0 Å². The summed E-state index contributed by atoms with van der Waals surface area (Å²) in [6, 6.07) is 14.9. The SMILES string of the molecule is O=C(OCc1ccc(Cl)cc1)c1c[nH]c2ccccc12. The number of hydrogen-bond acceptors (Lipinski definition) is 2. The second kappa shape index (κ2) is 5.39. The van der Waals surface area contributed by atoms with Crippen molar-refractivity contribution < 1.29 is 9.53 Å². The van der Waals surface area contributed by atoms with E-state index in [-0.39, 0.29) is 12.6 Å². The number of ether oxygens (including phenoxy) is 1. The largest absolute Gasteiger partial charge is 0.457 e. The van der Waals surface area contributed by atoms with Gasteiger partial charge in [0, 0.05) is 22.1 Å². The highest BCUT2D eigenvalue weighted by Gasteiger charge is 2.12. The molecule has 0 radical (unpaired) electrons. The Labute approximate surface area is 121 Å². The minimum atomic E-state index is -0.336. The minimum absolute atomic E-state index is 0.232. The number of esters is 1. The Morgan fingerprint density at radius 2 is 1.85 bits per heavy atom. The van der Waals surface area contributed by atoms with Gasteiger partial charge in [0.15, 0.2) is 0 Å². The molecule has 0 spiro atoms. The summed E-state index contributed by atoms with van der Waals surface area (Å²) < 4.78 is 5.32. The fourth-order valence-electron chi connectivity index (χ4n) is 2.05. The van der Waals surface area contributed by atoms with Crippen molar-refractivity contribution in [2.45, 2.75) is 6.61 Å². The summed E-state index contributed by atoms with van der Waals surface area (Å²) in [4.78, 5) is 15.1. The average molecular weight is 286 g/mol. The van der Waals surface area contributed by atoms with Crippen LogP contribution in [0.25, 0.3) is 10.9 Å². The third kappa shape index (κ3) is 2.53. The highest BCUT2D eigenvalue weighted by molar-refractivity contribution is 6.30. The highest BCUT2D eigenvalue weighted by atomic mass is 35.5. The summed E-state index contributed by atoms with van der Waals surface area (Å²) in [6.45, 7) is 0.232. The Morgan fingerprint density at radius 1 is 1.10 bits per heavy atom. The van der Waals surface area contributed by atoms with Crippen LogP contribution in [0.1, 0.15) is 15.9 Å². The first-order chi connectivity index (χ1) is 9.74. The van der Waals surface area contributed by atoms with Crippen LogP contribution in [0.4, 0.5) is 0 Å². The number of benzene rings is 2. The molecule has 0 aliphatic rings. The number of carbonyl (C=O) groups excluding carboxylic acids is 1. The molecule has 0 aliphatic carbocycles. The minimum Gasteiger partial charge on any atom is -0.457 e. The number of para-hydroxylation sites is 1. The lowest BCUT2D eigenvalue weighted by Gasteiger charge is -2.04. The molecule has 2 aromatic carbocycles. The Hall–Kier alpha value is -2.26. The molecule has 3 nitrogen and oxygen atoms in total. The molecule has 0 atom stereocenters. The molecule has 0 unspecified atom stereocenters. The van der Waals surface area contributed by atoms with Gasteiger partial charge in [-0.05, 0) is 23.8 Å². The zero-order valence-corrected chi connectivity index (χ0v) is 11.4. The van der Waals surface area contributed by atoms with Crippen molar-refractivity contribution in [3.8, 4) is 0 Å². The third-order valence-corrected chi connectivity index (χ3v) is 3.34. The Morgan fingerprint density at radius 3 is 2.65 bits per heavy atom. The van der Waals surface area contributed by atoms with Crippen LogP contribution in [0, 0.1) is 0 Å². The van der Waals surface area contributed by atoms with E-state index in [1.165, 1.54) is 0 Å². The molecule has 1 N–H and O–H groups in total. The maximum absolute atomic E-state index is 12.1. The van der Waals surface area contributed by atoms with Crippen molar-refractivity contribution in [2.75, 3.05) is 0 Å². The average Bonchev–Trinajstić information content (AvgIpc) is 2.90. The molecule has 1 aromatic heterocycles. The van der Waals surface area contributed by atoms with Gasteiger partial charge < -0.3 is 9.72 Å². The number of hydrogen-bond donors (Lipinski definition) is 1. The Kier molecular flexibility index (Phi) is 3.44. The maximum Gasteiger partial charge on any atom is 0.340 e. The Bertz CT molecular complexity index is 747. The topological polar surface area (TPSA) is 42.1 Å². The van der Waals surface area contributed by atoms with Crippen LogP contribution in [0.3, 0.4) is 0 Å². The summed E-state index contributed by atoms with van der Waals surface area (Å²) >= 11 is 5.81. The normalized spacial score (nSPS) is 10.7. The van der Waals surface area contributed by atoms with Gasteiger partial charge in [0.25, 0.3) is 0 Å². The molecule has 0 bridgehead atoms. The number of H-pyrrole nitrogens is 1. The molecule has 0 saturated heterocycles.